The fourth-order valence-electron chi connectivity index (χ4n) is 1.79. The molecule has 0 amide bonds. The maximum atomic E-state index is 11.0. The highest BCUT2D eigenvalue weighted by Gasteiger charge is 2.09. The van der Waals surface area contributed by atoms with Crippen molar-refractivity contribution in [1.29, 1.82) is 0 Å². The van der Waals surface area contributed by atoms with E-state index >= 15 is 0 Å². The monoisotopic (exact) mass is 330 g/mol. The fraction of sp³-hybridized carbons (Fsp3) is 0.455. The number of sulfonamides is 1. The van der Waals surface area contributed by atoms with Gasteiger partial charge >= 0.3 is 0 Å². The summed E-state index contributed by atoms with van der Waals surface area (Å²) >= 11 is 1.56. The molecule has 0 aliphatic carbocycles. The van der Waals surface area contributed by atoms with Crippen molar-refractivity contribution in [3.8, 4) is 0 Å². The average Bonchev–Trinajstić information content (AvgIpc) is 2.77. The van der Waals surface area contributed by atoms with Gasteiger partial charge < -0.3 is 5.32 Å². The SMILES string of the molecule is Cc1cc2c(NCCCNS(C)(=O)=O)nc(NN)nc2s1. The minimum absolute atomic E-state index is 0.348. The van der Waals surface area contributed by atoms with Crippen LogP contribution in [0.3, 0.4) is 0 Å². The predicted molar refractivity (Wildman–Crippen MR) is 85.9 cm³/mol. The standard InChI is InChI=1S/C11H18N6O2S2/c1-7-6-8-9(13-4-3-5-14-21(2,18)19)15-11(17-12)16-10(8)20-7/h6,14H,3-5,12H2,1-2H3,(H2,13,15,16,17). The van der Waals surface area contributed by atoms with Gasteiger partial charge in [0.05, 0.1) is 11.6 Å². The molecule has 0 bridgehead atoms. The summed E-state index contributed by atoms with van der Waals surface area (Å²) < 4.78 is 24.3. The van der Waals surface area contributed by atoms with Crippen LogP contribution in [0, 0.1) is 6.92 Å². The van der Waals surface area contributed by atoms with Crippen LogP contribution in [0.1, 0.15) is 11.3 Å². The molecule has 10 heteroatoms. The van der Waals surface area contributed by atoms with Crippen molar-refractivity contribution < 1.29 is 8.42 Å². The normalized spacial score (nSPS) is 11.8. The number of hydrogen-bond donors (Lipinski definition) is 4. The summed E-state index contributed by atoms with van der Waals surface area (Å²) in [5, 5.41) is 4.12. The molecule has 2 rings (SSSR count). The number of aryl methyl sites for hydroxylation is 1. The molecule has 116 valence electrons. The van der Waals surface area contributed by atoms with E-state index in [1.807, 2.05) is 13.0 Å². The van der Waals surface area contributed by atoms with Crippen LogP contribution < -0.4 is 21.3 Å². The molecule has 21 heavy (non-hydrogen) atoms. The molecule has 0 radical (unpaired) electrons. The lowest BCUT2D eigenvalue weighted by molar-refractivity contribution is 0.586. The molecule has 0 unspecified atom stereocenters. The van der Waals surface area contributed by atoms with Crippen molar-refractivity contribution >= 4 is 43.3 Å². The second-order valence-electron chi connectivity index (χ2n) is 4.56. The molecule has 0 spiro atoms. The zero-order chi connectivity index (χ0) is 15.5. The summed E-state index contributed by atoms with van der Waals surface area (Å²) in [6, 6.07) is 2.01. The van der Waals surface area contributed by atoms with E-state index in [9.17, 15) is 8.42 Å². The Morgan fingerprint density at radius 1 is 1.33 bits per heavy atom. The van der Waals surface area contributed by atoms with Gasteiger partial charge in [0.2, 0.25) is 16.0 Å². The summed E-state index contributed by atoms with van der Waals surface area (Å²) in [5.74, 6) is 6.41. The van der Waals surface area contributed by atoms with Crippen molar-refractivity contribution in [1.82, 2.24) is 14.7 Å². The minimum atomic E-state index is -3.14. The quantitative estimate of drug-likeness (QED) is 0.334. The van der Waals surface area contributed by atoms with Gasteiger partial charge in [0.15, 0.2) is 0 Å². The largest absolute Gasteiger partial charge is 0.369 e. The first kappa shape index (κ1) is 15.9. The van der Waals surface area contributed by atoms with Gasteiger partial charge in [-0.05, 0) is 19.4 Å². The number of hydrazine groups is 1. The Kier molecular flexibility index (Phi) is 4.93. The topological polar surface area (TPSA) is 122 Å². The van der Waals surface area contributed by atoms with Gasteiger partial charge in [0, 0.05) is 18.0 Å². The molecule has 0 aromatic carbocycles. The van der Waals surface area contributed by atoms with E-state index in [0.717, 1.165) is 21.3 Å². The van der Waals surface area contributed by atoms with Crippen molar-refractivity contribution in [2.24, 2.45) is 5.84 Å². The van der Waals surface area contributed by atoms with Crippen molar-refractivity contribution in [3.05, 3.63) is 10.9 Å². The van der Waals surface area contributed by atoms with Crippen LogP contribution in [0.25, 0.3) is 10.2 Å². The predicted octanol–water partition coefficient (Wildman–Crippen LogP) is 0.637. The molecule has 0 aliphatic rings. The smallest absolute Gasteiger partial charge is 0.240 e. The minimum Gasteiger partial charge on any atom is -0.369 e. The Hall–Kier alpha value is -1.49. The van der Waals surface area contributed by atoms with Crippen molar-refractivity contribution in [2.45, 2.75) is 13.3 Å². The summed E-state index contributed by atoms with van der Waals surface area (Å²) in [5.41, 5.74) is 2.44. The number of anilines is 2. The number of fused-ring (bicyclic) bond motifs is 1. The van der Waals surface area contributed by atoms with Gasteiger partial charge in [-0.25, -0.2) is 24.0 Å². The summed E-state index contributed by atoms with van der Waals surface area (Å²) in [6.45, 7) is 2.97. The van der Waals surface area contributed by atoms with Crippen molar-refractivity contribution in [2.75, 3.05) is 30.1 Å². The first-order chi connectivity index (χ1) is 9.89. The van der Waals surface area contributed by atoms with Crippen LogP contribution in [-0.2, 0) is 10.0 Å². The molecule has 2 aromatic heterocycles. The van der Waals surface area contributed by atoms with Crippen LogP contribution in [-0.4, -0.2) is 37.7 Å². The zero-order valence-electron chi connectivity index (χ0n) is 11.8. The lowest BCUT2D eigenvalue weighted by Crippen LogP contribution is -2.24. The molecule has 0 saturated carbocycles. The molecule has 5 N–H and O–H groups in total. The van der Waals surface area contributed by atoms with E-state index in [1.54, 1.807) is 11.3 Å². The van der Waals surface area contributed by atoms with E-state index in [4.69, 9.17) is 5.84 Å². The number of nitrogen functional groups attached to an aromatic ring is 1. The molecule has 2 aromatic rings. The van der Waals surface area contributed by atoms with Gasteiger partial charge in [0.25, 0.3) is 0 Å². The number of nitrogens with one attached hydrogen (secondary N) is 3. The van der Waals surface area contributed by atoms with E-state index in [-0.39, 0.29) is 0 Å². The Bertz CT molecular complexity index is 728. The number of thiophene rings is 1. The first-order valence-corrected chi connectivity index (χ1v) is 9.03. The molecule has 2 heterocycles. The van der Waals surface area contributed by atoms with Gasteiger partial charge in [-0.1, -0.05) is 0 Å². The first-order valence-electron chi connectivity index (χ1n) is 6.32. The van der Waals surface area contributed by atoms with Crippen LogP contribution in [0.2, 0.25) is 0 Å². The molecule has 8 nitrogen and oxygen atoms in total. The number of nitrogens with two attached hydrogens (primary N) is 1. The number of rotatable bonds is 7. The Balaban J connectivity index is 2.03. The third kappa shape index (κ3) is 4.49. The molecular formula is C11H18N6O2S2. The van der Waals surface area contributed by atoms with Crippen LogP contribution in [0.15, 0.2) is 6.07 Å². The Morgan fingerprint density at radius 3 is 2.76 bits per heavy atom. The number of nitrogens with zero attached hydrogens (tertiary/aromatic N) is 2. The van der Waals surface area contributed by atoms with E-state index in [0.29, 0.717) is 31.3 Å². The summed E-state index contributed by atoms with van der Waals surface area (Å²) in [6.07, 6.45) is 1.79. The number of hydrogen-bond acceptors (Lipinski definition) is 8. The van der Waals surface area contributed by atoms with E-state index in [2.05, 4.69) is 25.4 Å². The average molecular weight is 330 g/mol. The third-order valence-corrected chi connectivity index (χ3v) is 4.33. The molecule has 0 atom stereocenters. The lowest BCUT2D eigenvalue weighted by atomic mass is 10.3. The molecule has 0 aliphatic heterocycles. The Labute approximate surface area is 127 Å². The highest BCUT2D eigenvalue weighted by Crippen LogP contribution is 2.29. The van der Waals surface area contributed by atoms with Gasteiger partial charge in [-0.3, -0.25) is 5.43 Å². The van der Waals surface area contributed by atoms with E-state index < -0.39 is 10.0 Å². The third-order valence-electron chi connectivity index (χ3n) is 2.66. The van der Waals surface area contributed by atoms with Crippen LogP contribution in [0.4, 0.5) is 11.8 Å². The molecule has 0 saturated heterocycles. The maximum Gasteiger partial charge on any atom is 0.240 e. The lowest BCUT2D eigenvalue weighted by Gasteiger charge is -2.08. The highest BCUT2D eigenvalue weighted by atomic mass is 32.2. The Morgan fingerprint density at radius 2 is 2.10 bits per heavy atom. The van der Waals surface area contributed by atoms with E-state index in [1.165, 1.54) is 0 Å². The maximum absolute atomic E-state index is 11.0. The van der Waals surface area contributed by atoms with Crippen LogP contribution in [0.5, 0.6) is 0 Å². The fourth-order valence-corrected chi connectivity index (χ4v) is 3.19. The highest BCUT2D eigenvalue weighted by molar-refractivity contribution is 7.88. The zero-order valence-corrected chi connectivity index (χ0v) is 13.4. The van der Waals surface area contributed by atoms with Gasteiger partial charge in [-0.15, -0.1) is 11.3 Å². The van der Waals surface area contributed by atoms with Crippen LogP contribution >= 0.6 is 11.3 Å². The second-order valence-corrected chi connectivity index (χ2v) is 7.63. The molecule has 0 fully saturated rings. The van der Waals surface area contributed by atoms with Gasteiger partial charge in [-0.2, -0.15) is 4.98 Å². The molecular weight excluding hydrogens is 312 g/mol. The summed E-state index contributed by atoms with van der Waals surface area (Å²) in [4.78, 5) is 10.6. The second kappa shape index (κ2) is 6.52. The van der Waals surface area contributed by atoms with Gasteiger partial charge in [0.1, 0.15) is 10.6 Å². The van der Waals surface area contributed by atoms with Crippen molar-refractivity contribution in [3.63, 3.8) is 0 Å². The number of aromatic nitrogens is 2. The summed E-state index contributed by atoms with van der Waals surface area (Å²) in [7, 11) is -3.14.